The third kappa shape index (κ3) is 3.03. The zero-order chi connectivity index (χ0) is 15.6. The highest BCUT2D eigenvalue weighted by Crippen LogP contribution is 2.38. The zero-order valence-electron chi connectivity index (χ0n) is 13.0. The summed E-state index contributed by atoms with van der Waals surface area (Å²) < 4.78 is 1.21. The third-order valence-corrected chi connectivity index (χ3v) is 6.00. The molecule has 2 atom stereocenters. The molecule has 120 valence electrons. The molecule has 1 aromatic heterocycles. The first-order valence-corrected chi connectivity index (χ1v) is 9.12. The standard InChI is InChI=1S/C18H21N3OS/c22-17(20-11-12-9-19-10-12)13-5-1-2-6-14(13)18-21-15-7-3-4-8-16(15)23-18/h1-4,7-8,12-14,19H,5-6,9-11H2,(H,20,22). The van der Waals surface area contributed by atoms with Gasteiger partial charge in [0.2, 0.25) is 5.91 Å². The number of carbonyl (C=O) groups excluding carboxylic acids is 1. The first kappa shape index (κ1) is 14.8. The second kappa shape index (κ2) is 6.42. The van der Waals surface area contributed by atoms with Crippen LogP contribution in [0.5, 0.6) is 0 Å². The minimum Gasteiger partial charge on any atom is -0.355 e. The predicted octanol–water partition coefficient (Wildman–Crippen LogP) is 2.68. The van der Waals surface area contributed by atoms with E-state index in [1.807, 2.05) is 18.2 Å². The minimum absolute atomic E-state index is 0.00796. The van der Waals surface area contributed by atoms with E-state index in [4.69, 9.17) is 4.98 Å². The zero-order valence-corrected chi connectivity index (χ0v) is 13.8. The largest absolute Gasteiger partial charge is 0.355 e. The van der Waals surface area contributed by atoms with E-state index in [1.165, 1.54) is 4.70 Å². The van der Waals surface area contributed by atoms with Gasteiger partial charge in [-0.05, 0) is 25.0 Å². The Morgan fingerprint density at radius 3 is 2.87 bits per heavy atom. The molecule has 0 saturated carbocycles. The van der Waals surface area contributed by atoms with Gasteiger partial charge in [-0.15, -0.1) is 11.3 Å². The van der Waals surface area contributed by atoms with Crippen LogP contribution in [0.15, 0.2) is 36.4 Å². The molecule has 4 nitrogen and oxygen atoms in total. The number of fused-ring (bicyclic) bond motifs is 1. The van der Waals surface area contributed by atoms with Gasteiger partial charge in [-0.25, -0.2) is 4.98 Å². The number of hydrogen-bond acceptors (Lipinski definition) is 4. The van der Waals surface area contributed by atoms with Crippen LogP contribution in [-0.4, -0.2) is 30.5 Å². The summed E-state index contributed by atoms with van der Waals surface area (Å²) in [7, 11) is 0. The van der Waals surface area contributed by atoms with Crippen LogP contribution in [0.25, 0.3) is 10.2 Å². The lowest BCUT2D eigenvalue weighted by atomic mass is 9.82. The van der Waals surface area contributed by atoms with Crippen molar-refractivity contribution in [1.29, 1.82) is 0 Å². The molecule has 23 heavy (non-hydrogen) atoms. The fourth-order valence-corrected chi connectivity index (χ4v) is 4.44. The number of carbonyl (C=O) groups is 1. The molecule has 1 aliphatic heterocycles. The molecule has 0 radical (unpaired) electrons. The fourth-order valence-electron chi connectivity index (χ4n) is 3.29. The lowest BCUT2D eigenvalue weighted by molar-refractivity contribution is -0.126. The first-order valence-electron chi connectivity index (χ1n) is 8.30. The molecule has 2 unspecified atom stereocenters. The van der Waals surface area contributed by atoms with Crippen LogP contribution < -0.4 is 10.6 Å². The lowest BCUT2D eigenvalue weighted by Crippen LogP contribution is -2.49. The summed E-state index contributed by atoms with van der Waals surface area (Å²) in [5.74, 6) is 0.995. The number of rotatable bonds is 4. The topological polar surface area (TPSA) is 54.0 Å². The fraction of sp³-hybridized carbons (Fsp3) is 0.444. The van der Waals surface area contributed by atoms with Gasteiger partial charge in [-0.2, -0.15) is 0 Å². The molecular formula is C18H21N3OS. The maximum absolute atomic E-state index is 12.7. The van der Waals surface area contributed by atoms with Crippen molar-refractivity contribution in [3.63, 3.8) is 0 Å². The average Bonchev–Trinajstić information content (AvgIpc) is 2.97. The van der Waals surface area contributed by atoms with Crippen LogP contribution in [-0.2, 0) is 4.79 Å². The molecule has 1 saturated heterocycles. The highest BCUT2D eigenvalue weighted by Gasteiger charge is 2.32. The van der Waals surface area contributed by atoms with Crippen LogP contribution in [0.1, 0.15) is 23.8 Å². The smallest absolute Gasteiger partial charge is 0.224 e. The van der Waals surface area contributed by atoms with E-state index in [1.54, 1.807) is 11.3 Å². The Balaban J connectivity index is 1.52. The van der Waals surface area contributed by atoms with Crippen LogP contribution >= 0.6 is 11.3 Å². The highest BCUT2D eigenvalue weighted by molar-refractivity contribution is 7.18. The summed E-state index contributed by atoms with van der Waals surface area (Å²) in [5.41, 5.74) is 1.04. The number of aromatic nitrogens is 1. The number of nitrogens with one attached hydrogen (secondary N) is 2. The molecule has 2 aromatic rings. The number of thiazole rings is 1. The SMILES string of the molecule is O=C(NCC1CNC1)C1CC=CCC1c1nc2ccccc2s1. The van der Waals surface area contributed by atoms with Crippen molar-refractivity contribution in [2.45, 2.75) is 18.8 Å². The average molecular weight is 327 g/mol. The highest BCUT2D eigenvalue weighted by atomic mass is 32.1. The summed E-state index contributed by atoms with van der Waals surface area (Å²) in [6.45, 7) is 2.83. The lowest BCUT2D eigenvalue weighted by Gasteiger charge is -2.30. The van der Waals surface area contributed by atoms with Gasteiger partial charge in [0.1, 0.15) is 0 Å². The van der Waals surface area contributed by atoms with Gasteiger partial charge >= 0.3 is 0 Å². The molecular weight excluding hydrogens is 306 g/mol. The summed E-state index contributed by atoms with van der Waals surface area (Å²) in [5, 5.41) is 7.49. The second-order valence-corrected chi connectivity index (χ2v) is 7.51. The van der Waals surface area contributed by atoms with Crippen molar-refractivity contribution in [2.75, 3.05) is 19.6 Å². The number of hydrogen-bond donors (Lipinski definition) is 2. The van der Waals surface area contributed by atoms with Gasteiger partial charge in [-0.1, -0.05) is 24.3 Å². The van der Waals surface area contributed by atoms with Crippen LogP contribution in [0.4, 0.5) is 0 Å². The second-order valence-electron chi connectivity index (χ2n) is 6.45. The van der Waals surface area contributed by atoms with Crippen molar-refractivity contribution >= 4 is 27.5 Å². The summed E-state index contributed by atoms with van der Waals surface area (Å²) in [6.07, 6.45) is 6.05. The summed E-state index contributed by atoms with van der Waals surface area (Å²) in [4.78, 5) is 17.4. The minimum atomic E-state index is 0.00796. The Morgan fingerprint density at radius 1 is 1.26 bits per heavy atom. The number of nitrogens with zero attached hydrogens (tertiary/aromatic N) is 1. The molecule has 0 spiro atoms. The normalized spacial score (nSPS) is 24.5. The van der Waals surface area contributed by atoms with E-state index < -0.39 is 0 Å². The predicted molar refractivity (Wildman–Crippen MR) is 93.6 cm³/mol. The van der Waals surface area contributed by atoms with Crippen molar-refractivity contribution in [2.24, 2.45) is 11.8 Å². The van der Waals surface area contributed by atoms with Crippen LogP contribution in [0, 0.1) is 11.8 Å². The Hall–Kier alpha value is -1.72. The van der Waals surface area contributed by atoms with Crippen molar-refractivity contribution in [3.8, 4) is 0 Å². The van der Waals surface area contributed by atoms with Gasteiger partial charge in [0.25, 0.3) is 0 Å². The van der Waals surface area contributed by atoms with E-state index in [-0.39, 0.29) is 17.7 Å². The molecule has 1 aliphatic carbocycles. The molecule has 2 N–H and O–H groups in total. The maximum Gasteiger partial charge on any atom is 0.224 e. The molecule has 4 rings (SSSR count). The van der Waals surface area contributed by atoms with Crippen molar-refractivity contribution < 1.29 is 4.79 Å². The molecule has 5 heteroatoms. The van der Waals surface area contributed by atoms with Gasteiger partial charge < -0.3 is 10.6 Å². The van der Waals surface area contributed by atoms with Crippen molar-refractivity contribution in [1.82, 2.24) is 15.6 Å². The molecule has 0 bridgehead atoms. The first-order chi connectivity index (χ1) is 11.3. The van der Waals surface area contributed by atoms with E-state index >= 15 is 0 Å². The molecule has 2 heterocycles. The van der Waals surface area contributed by atoms with Crippen LogP contribution in [0.3, 0.4) is 0 Å². The summed E-state index contributed by atoms with van der Waals surface area (Å²) in [6, 6.07) is 8.21. The Morgan fingerprint density at radius 2 is 2.09 bits per heavy atom. The number of para-hydroxylation sites is 1. The molecule has 1 aromatic carbocycles. The molecule has 2 aliphatic rings. The Kier molecular flexibility index (Phi) is 4.14. The summed E-state index contributed by atoms with van der Waals surface area (Å²) >= 11 is 1.73. The van der Waals surface area contributed by atoms with Gasteiger partial charge in [0.15, 0.2) is 0 Å². The van der Waals surface area contributed by atoms with E-state index in [2.05, 4.69) is 28.9 Å². The quantitative estimate of drug-likeness (QED) is 0.849. The van der Waals surface area contributed by atoms with E-state index in [9.17, 15) is 4.79 Å². The van der Waals surface area contributed by atoms with Gasteiger partial charge in [0, 0.05) is 31.5 Å². The number of benzene rings is 1. The van der Waals surface area contributed by atoms with Crippen molar-refractivity contribution in [3.05, 3.63) is 41.4 Å². The Bertz CT molecular complexity index is 702. The van der Waals surface area contributed by atoms with E-state index in [0.29, 0.717) is 5.92 Å². The number of amides is 1. The van der Waals surface area contributed by atoms with Crippen LogP contribution in [0.2, 0.25) is 0 Å². The third-order valence-electron chi connectivity index (χ3n) is 4.83. The monoisotopic (exact) mass is 327 g/mol. The van der Waals surface area contributed by atoms with Gasteiger partial charge in [0.05, 0.1) is 21.1 Å². The van der Waals surface area contributed by atoms with Gasteiger partial charge in [-0.3, -0.25) is 4.79 Å². The number of allylic oxidation sites excluding steroid dienone is 2. The maximum atomic E-state index is 12.7. The van der Waals surface area contributed by atoms with E-state index in [0.717, 1.165) is 43.0 Å². The molecule has 1 amide bonds. The Labute approximate surface area is 140 Å². The molecule has 1 fully saturated rings.